The zero-order valence-corrected chi connectivity index (χ0v) is 16.1. The largest absolute Gasteiger partial charge is 0.496 e. The summed E-state index contributed by atoms with van der Waals surface area (Å²) in [5.74, 6) is -0.0406. The quantitative estimate of drug-likeness (QED) is 0.646. The zero-order valence-electron chi connectivity index (χ0n) is 14.6. The van der Waals surface area contributed by atoms with Gasteiger partial charge in [-0.1, -0.05) is 35.3 Å². The summed E-state index contributed by atoms with van der Waals surface area (Å²) >= 11 is 12.1. The first-order valence-corrected chi connectivity index (χ1v) is 8.66. The van der Waals surface area contributed by atoms with Crippen molar-refractivity contribution < 1.29 is 19.4 Å². The lowest BCUT2D eigenvalue weighted by Crippen LogP contribution is -2.07. The van der Waals surface area contributed by atoms with Crippen LogP contribution in [-0.4, -0.2) is 35.1 Å². The van der Waals surface area contributed by atoms with Crippen LogP contribution in [0.15, 0.2) is 42.5 Å². The number of hydrogen-bond donors (Lipinski definition) is 1. The Kier molecular flexibility index (Phi) is 5.58. The van der Waals surface area contributed by atoms with Crippen molar-refractivity contribution in [2.24, 2.45) is 0 Å². The van der Waals surface area contributed by atoms with E-state index < -0.39 is 5.97 Å². The van der Waals surface area contributed by atoms with Crippen LogP contribution in [0.25, 0.3) is 11.3 Å². The van der Waals surface area contributed by atoms with Gasteiger partial charge in [-0.25, -0.2) is 4.79 Å². The molecule has 0 saturated carbocycles. The van der Waals surface area contributed by atoms with E-state index in [1.807, 2.05) is 0 Å². The standard InChI is InChI=1S/C19H16Cl2N2O4/c1-26-16-4-3-5-17(27-2)18(16)15-9-14(19(24)25)22-23(15)10-11-6-7-12(20)13(21)8-11/h3-9H,10H2,1-2H3,(H,24,25). The maximum Gasteiger partial charge on any atom is 0.356 e. The average molecular weight is 407 g/mol. The smallest absolute Gasteiger partial charge is 0.356 e. The van der Waals surface area contributed by atoms with Gasteiger partial charge in [0.1, 0.15) is 11.5 Å². The highest BCUT2D eigenvalue weighted by Crippen LogP contribution is 2.39. The lowest BCUT2D eigenvalue weighted by molar-refractivity contribution is 0.0689. The number of ether oxygens (including phenoxy) is 2. The molecule has 140 valence electrons. The van der Waals surface area contributed by atoms with E-state index in [4.69, 9.17) is 32.7 Å². The summed E-state index contributed by atoms with van der Waals surface area (Å²) in [5, 5.41) is 14.5. The molecule has 0 aliphatic carbocycles. The number of methoxy groups -OCH3 is 2. The van der Waals surface area contributed by atoms with Crippen LogP contribution in [0.1, 0.15) is 16.1 Å². The second-order valence-electron chi connectivity index (χ2n) is 5.66. The first kappa shape index (κ1) is 19.1. The van der Waals surface area contributed by atoms with Crippen molar-refractivity contribution in [3.63, 3.8) is 0 Å². The molecule has 0 saturated heterocycles. The third-order valence-corrected chi connectivity index (χ3v) is 4.74. The molecule has 6 nitrogen and oxygen atoms in total. The number of nitrogens with zero attached hydrogens (tertiary/aromatic N) is 2. The van der Waals surface area contributed by atoms with E-state index in [9.17, 15) is 9.90 Å². The van der Waals surface area contributed by atoms with Crippen LogP contribution in [-0.2, 0) is 6.54 Å². The molecule has 1 heterocycles. The maximum atomic E-state index is 11.5. The molecule has 1 N–H and O–H groups in total. The molecule has 0 aliphatic heterocycles. The lowest BCUT2D eigenvalue weighted by Gasteiger charge is -2.15. The molecule has 0 unspecified atom stereocenters. The number of carboxylic acids is 1. The fraction of sp³-hybridized carbons (Fsp3) is 0.158. The van der Waals surface area contributed by atoms with Gasteiger partial charge >= 0.3 is 5.97 Å². The number of rotatable bonds is 6. The number of aromatic carboxylic acids is 1. The van der Waals surface area contributed by atoms with E-state index in [1.54, 1.807) is 41.1 Å². The number of benzene rings is 2. The summed E-state index contributed by atoms with van der Waals surface area (Å²) in [6.45, 7) is 0.292. The Morgan fingerprint density at radius 1 is 1.07 bits per heavy atom. The predicted octanol–water partition coefficient (Wildman–Crippen LogP) is 4.62. The van der Waals surface area contributed by atoms with Crippen LogP contribution in [0, 0.1) is 0 Å². The van der Waals surface area contributed by atoms with Crippen LogP contribution in [0.4, 0.5) is 0 Å². The van der Waals surface area contributed by atoms with Crippen molar-refractivity contribution in [2.75, 3.05) is 14.2 Å². The third kappa shape index (κ3) is 3.86. The van der Waals surface area contributed by atoms with Crippen molar-refractivity contribution in [1.29, 1.82) is 0 Å². The monoisotopic (exact) mass is 406 g/mol. The second kappa shape index (κ2) is 7.90. The Labute approximate surface area is 165 Å². The van der Waals surface area contributed by atoms with Gasteiger partial charge in [-0.3, -0.25) is 4.68 Å². The molecule has 0 atom stereocenters. The molecule has 0 radical (unpaired) electrons. The summed E-state index contributed by atoms with van der Waals surface area (Å²) in [6, 6.07) is 12.0. The molecule has 1 aromatic heterocycles. The molecule has 3 rings (SSSR count). The van der Waals surface area contributed by atoms with E-state index in [0.717, 1.165) is 5.56 Å². The van der Waals surface area contributed by atoms with Crippen molar-refractivity contribution >= 4 is 29.2 Å². The van der Waals surface area contributed by atoms with E-state index >= 15 is 0 Å². The lowest BCUT2D eigenvalue weighted by atomic mass is 10.1. The van der Waals surface area contributed by atoms with Gasteiger partial charge in [0.25, 0.3) is 0 Å². The molecule has 0 spiro atoms. The van der Waals surface area contributed by atoms with Crippen molar-refractivity contribution in [1.82, 2.24) is 9.78 Å². The topological polar surface area (TPSA) is 73.6 Å². The van der Waals surface area contributed by atoms with E-state index in [1.165, 1.54) is 20.3 Å². The van der Waals surface area contributed by atoms with E-state index in [0.29, 0.717) is 39.3 Å². The molecule has 0 bridgehead atoms. The Balaban J connectivity index is 2.16. The van der Waals surface area contributed by atoms with Gasteiger partial charge < -0.3 is 14.6 Å². The summed E-state index contributed by atoms with van der Waals surface area (Å²) in [4.78, 5) is 11.5. The van der Waals surface area contributed by atoms with Gasteiger partial charge in [0, 0.05) is 0 Å². The molecule has 2 aromatic carbocycles. The normalized spacial score (nSPS) is 10.7. The van der Waals surface area contributed by atoms with Crippen LogP contribution in [0.3, 0.4) is 0 Å². The first-order valence-electron chi connectivity index (χ1n) is 7.91. The summed E-state index contributed by atoms with van der Waals surface area (Å²) < 4.78 is 12.5. The molecule has 0 amide bonds. The van der Waals surface area contributed by atoms with Crippen LogP contribution in [0.2, 0.25) is 10.0 Å². The van der Waals surface area contributed by atoms with Gasteiger partial charge in [-0.15, -0.1) is 0 Å². The highest BCUT2D eigenvalue weighted by molar-refractivity contribution is 6.42. The molecule has 3 aromatic rings. The Morgan fingerprint density at radius 2 is 1.74 bits per heavy atom. The van der Waals surface area contributed by atoms with Gasteiger partial charge in [-0.05, 0) is 35.9 Å². The number of aromatic nitrogens is 2. The highest BCUT2D eigenvalue weighted by atomic mass is 35.5. The number of hydrogen-bond acceptors (Lipinski definition) is 4. The molecule has 27 heavy (non-hydrogen) atoms. The molecule has 0 fully saturated rings. The highest BCUT2D eigenvalue weighted by Gasteiger charge is 2.21. The Bertz CT molecular complexity index is 979. The summed E-state index contributed by atoms with van der Waals surface area (Å²) in [5.41, 5.74) is 1.90. The summed E-state index contributed by atoms with van der Waals surface area (Å²) in [7, 11) is 3.08. The minimum atomic E-state index is -1.13. The van der Waals surface area contributed by atoms with Gasteiger partial charge in [-0.2, -0.15) is 5.10 Å². The van der Waals surface area contributed by atoms with Crippen LogP contribution in [0.5, 0.6) is 11.5 Å². The first-order chi connectivity index (χ1) is 12.9. The minimum Gasteiger partial charge on any atom is -0.496 e. The average Bonchev–Trinajstić information content (AvgIpc) is 3.07. The van der Waals surface area contributed by atoms with Crippen molar-refractivity contribution in [3.05, 3.63) is 63.8 Å². The molecular weight excluding hydrogens is 391 g/mol. The Morgan fingerprint density at radius 3 is 2.30 bits per heavy atom. The van der Waals surface area contributed by atoms with Crippen molar-refractivity contribution in [2.45, 2.75) is 6.54 Å². The zero-order chi connectivity index (χ0) is 19.6. The fourth-order valence-electron chi connectivity index (χ4n) is 2.76. The summed E-state index contributed by atoms with van der Waals surface area (Å²) in [6.07, 6.45) is 0. The SMILES string of the molecule is COc1cccc(OC)c1-c1cc(C(=O)O)nn1Cc1ccc(Cl)c(Cl)c1. The van der Waals surface area contributed by atoms with Crippen molar-refractivity contribution in [3.8, 4) is 22.8 Å². The second-order valence-corrected chi connectivity index (χ2v) is 6.48. The number of carbonyl (C=O) groups is 1. The van der Waals surface area contributed by atoms with E-state index in [2.05, 4.69) is 5.10 Å². The number of halogens is 2. The van der Waals surface area contributed by atoms with Gasteiger partial charge in [0.15, 0.2) is 5.69 Å². The van der Waals surface area contributed by atoms with Crippen LogP contribution >= 0.6 is 23.2 Å². The van der Waals surface area contributed by atoms with Gasteiger partial charge in [0.05, 0.1) is 42.1 Å². The molecule has 0 aliphatic rings. The van der Waals surface area contributed by atoms with E-state index in [-0.39, 0.29) is 5.69 Å². The Hall–Kier alpha value is -2.70. The molecule has 8 heteroatoms. The minimum absolute atomic E-state index is 0.0852. The van der Waals surface area contributed by atoms with Gasteiger partial charge in [0.2, 0.25) is 0 Å². The molecular formula is C19H16Cl2N2O4. The van der Waals surface area contributed by atoms with Crippen LogP contribution < -0.4 is 9.47 Å². The third-order valence-electron chi connectivity index (χ3n) is 4.00. The number of carboxylic acid groups (broad SMARTS) is 1. The fourth-order valence-corrected chi connectivity index (χ4v) is 3.08. The maximum absolute atomic E-state index is 11.5. The predicted molar refractivity (Wildman–Crippen MR) is 103 cm³/mol.